The van der Waals surface area contributed by atoms with Crippen molar-refractivity contribution in [3.63, 3.8) is 0 Å². The van der Waals surface area contributed by atoms with E-state index in [9.17, 15) is 0 Å². The van der Waals surface area contributed by atoms with Crippen LogP contribution in [0.5, 0.6) is 0 Å². The number of fused-ring (bicyclic) bond motifs is 1. The van der Waals surface area contributed by atoms with Gasteiger partial charge >= 0.3 is 0 Å². The number of hydrogen-bond donors (Lipinski definition) is 0. The van der Waals surface area contributed by atoms with Crippen molar-refractivity contribution in [3.05, 3.63) is 0 Å². The molecule has 1 aliphatic carbocycles. The molecule has 0 spiro atoms. The molecule has 0 aromatic carbocycles. The molecule has 2 heterocycles. The maximum absolute atomic E-state index is 2.92. The lowest BCUT2D eigenvalue weighted by Gasteiger charge is -2.50. The molecule has 1 saturated carbocycles. The van der Waals surface area contributed by atoms with Crippen molar-refractivity contribution in [2.75, 3.05) is 25.9 Å². The third-order valence-corrected chi connectivity index (χ3v) is 6.81. The Morgan fingerprint density at radius 3 is 2.68 bits per heavy atom. The van der Waals surface area contributed by atoms with Crippen LogP contribution in [0.2, 0.25) is 0 Å². The van der Waals surface area contributed by atoms with E-state index >= 15 is 0 Å². The van der Waals surface area contributed by atoms with Gasteiger partial charge in [0.25, 0.3) is 0 Å². The van der Waals surface area contributed by atoms with Crippen LogP contribution in [0.1, 0.15) is 51.9 Å². The molecule has 0 bridgehead atoms. The van der Waals surface area contributed by atoms with Crippen molar-refractivity contribution in [3.8, 4) is 0 Å². The van der Waals surface area contributed by atoms with Gasteiger partial charge in [-0.1, -0.05) is 13.3 Å². The molecule has 4 unspecified atom stereocenters. The zero-order chi connectivity index (χ0) is 13.2. The average Bonchev–Trinajstić information content (AvgIpc) is 2.94. The molecule has 2 aliphatic heterocycles. The first-order valence-corrected chi connectivity index (χ1v) is 9.63. The summed E-state index contributed by atoms with van der Waals surface area (Å²) in [5.74, 6) is 0. The van der Waals surface area contributed by atoms with Gasteiger partial charge in [0, 0.05) is 36.5 Å². The zero-order valence-electron chi connectivity index (χ0n) is 12.7. The standard InChI is InChI=1S/C16H30N2S/c1-3-13-11-17-9-5-4-6-15(17)12-18(13)14-7-8-16(10-14)19-2/h13-16H,3-12H2,1-2H3. The van der Waals surface area contributed by atoms with E-state index in [0.29, 0.717) is 0 Å². The Hall–Kier alpha value is 0.270. The molecular weight excluding hydrogens is 252 g/mol. The maximum Gasteiger partial charge on any atom is 0.0224 e. The molecule has 0 aromatic heterocycles. The van der Waals surface area contributed by atoms with E-state index in [-0.39, 0.29) is 0 Å². The second-order valence-electron chi connectivity index (χ2n) is 6.73. The zero-order valence-corrected chi connectivity index (χ0v) is 13.5. The van der Waals surface area contributed by atoms with Gasteiger partial charge in [-0.25, -0.2) is 0 Å². The van der Waals surface area contributed by atoms with Crippen LogP contribution in [0.15, 0.2) is 0 Å². The van der Waals surface area contributed by atoms with E-state index in [4.69, 9.17) is 0 Å². The minimum atomic E-state index is 0.833. The van der Waals surface area contributed by atoms with Crippen molar-refractivity contribution >= 4 is 11.8 Å². The first kappa shape index (κ1) is 14.2. The van der Waals surface area contributed by atoms with Gasteiger partial charge in [-0.2, -0.15) is 11.8 Å². The molecule has 3 heteroatoms. The Balaban J connectivity index is 1.65. The Morgan fingerprint density at radius 1 is 1.05 bits per heavy atom. The lowest BCUT2D eigenvalue weighted by atomic mass is 9.94. The summed E-state index contributed by atoms with van der Waals surface area (Å²) in [6, 6.07) is 2.61. The predicted octanol–water partition coefficient (Wildman–Crippen LogP) is 3.22. The van der Waals surface area contributed by atoms with Gasteiger partial charge in [-0.3, -0.25) is 9.80 Å². The molecule has 3 fully saturated rings. The summed E-state index contributed by atoms with van der Waals surface area (Å²) in [5.41, 5.74) is 0. The minimum Gasteiger partial charge on any atom is -0.298 e. The van der Waals surface area contributed by atoms with Crippen LogP contribution in [0.4, 0.5) is 0 Å². The van der Waals surface area contributed by atoms with Crippen LogP contribution in [0, 0.1) is 0 Å². The van der Waals surface area contributed by atoms with Crippen molar-refractivity contribution < 1.29 is 0 Å². The Labute approximate surface area is 123 Å². The van der Waals surface area contributed by atoms with E-state index in [1.54, 1.807) is 0 Å². The van der Waals surface area contributed by atoms with Crippen molar-refractivity contribution in [2.45, 2.75) is 75.2 Å². The summed E-state index contributed by atoms with van der Waals surface area (Å²) in [6.07, 6.45) is 12.3. The second-order valence-corrected chi connectivity index (χ2v) is 7.87. The fraction of sp³-hybridized carbons (Fsp3) is 1.00. The number of nitrogens with zero attached hydrogens (tertiary/aromatic N) is 2. The fourth-order valence-corrected chi connectivity index (χ4v) is 5.31. The first-order chi connectivity index (χ1) is 9.31. The third kappa shape index (κ3) is 2.98. The summed E-state index contributed by atoms with van der Waals surface area (Å²) >= 11 is 2.09. The van der Waals surface area contributed by atoms with Crippen LogP contribution in [0.25, 0.3) is 0 Å². The highest BCUT2D eigenvalue weighted by Crippen LogP contribution is 2.35. The fourth-order valence-electron chi connectivity index (χ4n) is 4.52. The molecule has 2 nitrogen and oxygen atoms in total. The second kappa shape index (κ2) is 6.36. The van der Waals surface area contributed by atoms with E-state index in [1.807, 2.05) is 0 Å². The molecule has 0 N–H and O–H groups in total. The molecule has 0 radical (unpaired) electrons. The molecule has 2 saturated heterocycles. The first-order valence-electron chi connectivity index (χ1n) is 8.34. The van der Waals surface area contributed by atoms with Gasteiger partial charge in [0.1, 0.15) is 0 Å². The normalized spacial score (nSPS) is 41.4. The quantitative estimate of drug-likeness (QED) is 0.785. The molecular formula is C16H30N2S. The van der Waals surface area contributed by atoms with Gasteiger partial charge < -0.3 is 0 Å². The van der Waals surface area contributed by atoms with E-state index in [1.165, 1.54) is 64.6 Å². The van der Waals surface area contributed by atoms with E-state index in [2.05, 4.69) is 34.7 Å². The van der Waals surface area contributed by atoms with Crippen LogP contribution in [-0.2, 0) is 0 Å². The highest BCUT2D eigenvalue weighted by molar-refractivity contribution is 7.99. The van der Waals surface area contributed by atoms with Crippen LogP contribution >= 0.6 is 11.8 Å². The Kier molecular flexibility index (Phi) is 4.76. The van der Waals surface area contributed by atoms with Gasteiger partial charge in [-0.15, -0.1) is 0 Å². The van der Waals surface area contributed by atoms with Crippen molar-refractivity contribution in [1.29, 1.82) is 0 Å². The monoisotopic (exact) mass is 282 g/mol. The number of rotatable bonds is 3. The van der Waals surface area contributed by atoms with E-state index in [0.717, 1.165) is 23.4 Å². The number of hydrogen-bond acceptors (Lipinski definition) is 3. The van der Waals surface area contributed by atoms with Crippen LogP contribution < -0.4 is 0 Å². The molecule has 110 valence electrons. The number of piperazine rings is 1. The molecule has 0 amide bonds. The van der Waals surface area contributed by atoms with Gasteiger partial charge in [0.15, 0.2) is 0 Å². The average molecular weight is 282 g/mol. The minimum absolute atomic E-state index is 0.833. The third-order valence-electron chi connectivity index (χ3n) is 5.72. The van der Waals surface area contributed by atoms with Crippen molar-refractivity contribution in [2.24, 2.45) is 0 Å². The Morgan fingerprint density at radius 2 is 1.95 bits per heavy atom. The lowest BCUT2D eigenvalue weighted by molar-refractivity contribution is -0.0139. The molecule has 19 heavy (non-hydrogen) atoms. The van der Waals surface area contributed by atoms with Crippen LogP contribution in [0.3, 0.4) is 0 Å². The summed E-state index contributed by atoms with van der Waals surface area (Å²) < 4.78 is 0. The van der Waals surface area contributed by atoms with Gasteiger partial charge in [0.05, 0.1) is 0 Å². The Bertz CT molecular complexity index is 294. The summed E-state index contributed by atoms with van der Waals surface area (Å²) in [6.45, 7) is 6.47. The largest absolute Gasteiger partial charge is 0.298 e. The highest BCUT2D eigenvalue weighted by atomic mass is 32.2. The van der Waals surface area contributed by atoms with E-state index < -0.39 is 0 Å². The topological polar surface area (TPSA) is 6.48 Å². The molecule has 3 rings (SSSR count). The predicted molar refractivity (Wildman–Crippen MR) is 84.9 cm³/mol. The molecule has 3 aliphatic rings. The van der Waals surface area contributed by atoms with Crippen LogP contribution in [-0.4, -0.2) is 59.1 Å². The molecule has 0 aromatic rings. The van der Waals surface area contributed by atoms with Gasteiger partial charge in [-0.05, 0) is 51.3 Å². The number of thioether (sulfide) groups is 1. The summed E-state index contributed by atoms with van der Waals surface area (Å²) in [5, 5.41) is 0.937. The SMILES string of the molecule is CCC1CN2CCCCC2CN1C1CCC(SC)C1. The number of piperidine rings is 1. The van der Waals surface area contributed by atoms with Gasteiger partial charge in [0.2, 0.25) is 0 Å². The summed E-state index contributed by atoms with van der Waals surface area (Å²) in [4.78, 5) is 5.72. The lowest BCUT2D eigenvalue weighted by Crippen LogP contribution is -2.61. The maximum atomic E-state index is 2.92. The molecule has 4 atom stereocenters. The smallest absolute Gasteiger partial charge is 0.0224 e. The highest BCUT2D eigenvalue weighted by Gasteiger charge is 2.39. The van der Waals surface area contributed by atoms with Crippen molar-refractivity contribution in [1.82, 2.24) is 9.80 Å². The summed E-state index contributed by atoms with van der Waals surface area (Å²) in [7, 11) is 0.